The number of nitro groups is 2. The molecule has 170 valence electrons. The quantitative estimate of drug-likeness (QED) is 0.194. The van der Waals surface area contributed by atoms with E-state index in [1.165, 1.54) is 18.2 Å². The Balaban J connectivity index is 2.04. The van der Waals surface area contributed by atoms with Gasteiger partial charge < -0.3 is 9.47 Å². The lowest BCUT2D eigenvalue weighted by atomic mass is 10.1. The molecule has 1 heterocycles. The summed E-state index contributed by atoms with van der Waals surface area (Å²) >= 11 is 11.1. The average molecular weight is 493 g/mol. The minimum absolute atomic E-state index is 0.0525. The maximum Gasteiger partial charge on any atom is 0.318 e. The number of nitro benzene ring substituents is 2. The molecule has 2 aromatic rings. The van der Waals surface area contributed by atoms with Crippen molar-refractivity contribution in [2.75, 3.05) is 6.61 Å². The number of nitrogens with one attached hydrogen (secondary N) is 2. The van der Waals surface area contributed by atoms with Gasteiger partial charge in [0.25, 0.3) is 17.5 Å². The van der Waals surface area contributed by atoms with Crippen molar-refractivity contribution < 1.29 is 28.9 Å². The molecule has 0 unspecified atom stereocenters. The molecule has 0 bridgehead atoms. The van der Waals surface area contributed by atoms with Crippen molar-refractivity contribution in [2.45, 2.75) is 6.92 Å². The molecule has 2 N–H and O–H groups in total. The molecule has 0 saturated carbocycles. The molecule has 2 amide bonds. The van der Waals surface area contributed by atoms with Gasteiger partial charge in [-0.1, -0.05) is 11.6 Å². The predicted octanol–water partition coefficient (Wildman–Crippen LogP) is 3.26. The molecule has 2 aromatic carbocycles. The Hall–Kier alpha value is -4.10. The van der Waals surface area contributed by atoms with Crippen LogP contribution in [0, 0.1) is 20.2 Å². The van der Waals surface area contributed by atoms with Crippen LogP contribution in [0.3, 0.4) is 0 Å². The summed E-state index contributed by atoms with van der Waals surface area (Å²) in [6.07, 6.45) is 1.25. The number of hydrogen-bond acceptors (Lipinski definition) is 9. The lowest BCUT2D eigenvalue weighted by Gasteiger charge is -2.17. The normalized spacial score (nSPS) is 13.2. The van der Waals surface area contributed by atoms with Gasteiger partial charge in [-0.05, 0) is 49.0 Å². The molecule has 1 aliphatic heterocycles. The molecule has 3 rings (SSSR count). The number of benzene rings is 2. The highest BCUT2D eigenvalue weighted by molar-refractivity contribution is 7.80. The minimum Gasteiger partial charge on any atom is -0.490 e. The summed E-state index contributed by atoms with van der Waals surface area (Å²) in [6.45, 7) is 1.82. The highest BCUT2D eigenvalue weighted by atomic mass is 35.5. The molecule has 0 aromatic heterocycles. The first kappa shape index (κ1) is 23.6. The van der Waals surface area contributed by atoms with E-state index in [2.05, 4.69) is 10.6 Å². The van der Waals surface area contributed by atoms with Gasteiger partial charge in [-0.25, -0.2) is 0 Å². The Bertz CT molecular complexity index is 1220. The molecule has 0 spiro atoms. The summed E-state index contributed by atoms with van der Waals surface area (Å²) in [6, 6.07) is 5.62. The van der Waals surface area contributed by atoms with Gasteiger partial charge >= 0.3 is 5.69 Å². The Kier molecular flexibility index (Phi) is 6.84. The zero-order chi connectivity index (χ0) is 24.3. The van der Waals surface area contributed by atoms with Crippen molar-refractivity contribution >= 4 is 58.2 Å². The van der Waals surface area contributed by atoms with Crippen LogP contribution in [0.4, 0.5) is 11.4 Å². The number of amides is 2. The highest BCUT2D eigenvalue weighted by Crippen LogP contribution is 2.43. The fraction of sp³-hybridized carbons (Fsp3) is 0.105. The smallest absolute Gasteiger partial charge is 0.318 e. The molecule has 33 heavy (non-hydrogen) atoms. The van der Waals surface area contributed by atoms with E-state index in [1.54, 1.807) is 6.92 Å². The highest BCUT2D eigenvalue weighted by Gasteiger charge is 2.27. The van der Waals surface area contributed by atoms with Crippen molar-refractivity contribution in [2.24, 2.45) is 0 Å². The number of nitrogens with zero attached hydrogens (tertiary/aromatic N) is 2. The van der Waals surface area contributed by atoms with Gasteiger partial charge in [0.2, 0.25) is 5.75 Å². The molecule has 1 saturated heterocycles. The molecule has 14 heteroatoms. The largest absolute Gasteiger partial charge is 0.490 e. The maximum atomic E-state index is 12.1. The molecule has 0 aliphatic carbocycles. The van der Waals surface area contributed by atoms with E-state index < -0.39 is 33.0 Å². The third-order valence-electron chi connectivity index (χ3n) is 4.15. The van der Waals surface area contributed by atoms with Gasteiger partial charge in [-0.3, -0.25) is 40.5 Å². The number of carbonyl (C=O) groups excluding carboxylic acids is 2. The zero-order valence-corrected chi connectivity index (χ0v) is 18.2. The van der Waals surface area contributed by atoms with Crippen molar-refractivity contribution in [3.63, 3.8) is 0 Å². The van der Waals surface area contributed by atoms with Gasteiger partial charge in [-0.2, -0.15) is 0 Å². The third-order valence-corrected chi connectivity index (χ3v) is 4.63. The van der Waals surface area contributed by atoms with Crippen LogP contribution in [0.25, 0.3) is 6.08 Å². The molecule has 1 aliphatic rings. The predicted molar refractivity (Wildman–Crippen MR) is 119 cm³/mol. The number of hydrogen-bond donors (Lipinski definition) is 2. The van der Waals surface area contributed by atoms with E-state index in [0.717, 1.165) is 18.2 Å². The van der Waals surface area contributed by atoms with Crippen molar-refractivity contribution in [3.8, 4) is 17.2 Å². The number of ether oxygens (including phenoxy) is 2. The van der Waals surface area contributed by atoms with Crippen molar-refractivity contribution in [1.82, 2.24) is 10.6 Å². The van der Waals surface area contributed by atoms with Gasteiger partial charge in [0, 0.05) is 6.07 Å². The number of halogens is 1. The summed E-state index contributed by atoms with van der Waals surface area (Å²) in [5.74, 6) is -1.77. The lowest BCUT2D eigenvalue weighted by Crippen LogP contribution is -2.51. The topological polar surface area (TPSA) is 163 Å². The summed E-state index contributed by atoms with van der Waals surface area (Å²) < 4.78 is 11.1. The molecular formula is C19H13ClN4O8S. The molecule has 1 fully saturated rings. The first-order valence-corrected chi connectivity index (χ1v) is 9.84. The second-order valence-electron chi connectivity index (χ2n) is 6.33. The van der Waals surface area contributed by atoms with Gasteiger partial charge in [0.1, 0.15) is 5.57 Å². The second kappa shape index (κ2) is 9.58. The van der Waals surface area contributed by atoms with E-state index in [4.69, 9.17) is 33.3 Å². The number of carbonyl (C=O) groups is 2. The first-order chi connectivity index (χ1) is 15.6. The molecule has 12 nitrogen and oxygen atoms in total. The van der Waals surface area contributed by atoms with Crippen LogP contribution in [-0.2, 0) is 9.59 Å². The third kappa shape index (κ3) is 5.22. The fourth-order valence-electron chi connectivity index (χ4n) is 2.76. The monoisotopic (exact) mass is 492 g/mol. The SMILES string of the molecule is CCOc1cc(C=C2C(=O)NC(=S)NC2=O)cc(Cl)c1Oc1ccc([N+](=O)[O-])cc1[N+](=O)[O-]. The average Bonchev–Trinajstić information content (AvgIpc) is 2.73. The van der Waals surface area contributed by atoms with E-state index in [9.17, 15) is 29.8 Å². The van der Waals surface area contributed by atoms with E-state index in [-0.39, 0.29) is 39.6 Å². The summed E-state index contributed by atoms with van der Waals surface area (Å²) in [7, 11) is 0. The Morgan fingerprint density at radius 3 is 2.30 bits per heavy atom. The van der Waals surface area contributed by atoms with Gasteiger partial charge in [0.05, 0.1) is 27.5 Å². The van der Waals surface area contributed by atoms with Crippen LogP contribution in [0.2, 0.25) is 5.02 Å². The van der Waals surface area contributed by atoms with Crippen LogP contribution >= 0.6 is 23.8 Å². The van der Waals surface area contributed by atoms with Crippen LogP contribution in [0.5, 0.6) is 17.2 Å². The zero-order valence-electron chi connectivity index (χ0n) is 16.6. The van der Waals surface area contributed by atoms with Crippen LogP contribution < -0.4 is 20.1 Å². The second-order valence-corrected chi connectivity index (χ2v) is 7.14. The summed E-state index contributed by atoms with van der Waals surface area (Å²) in [5, 5.41) is 26.7. The molecule has 0 atom stereocenters. The van der Waals surface area contributed by atoms with Crippen LogP contribution in [0.1, 0.15) is 12.5 Å². The van der Waals surface area contributed by atoms with E-state index in [1.807, 2.05) is 0 Å². The molecule has 0 radical (unpaired) electrons. The number of non-ortho nitro benzene ring substituents is 1. The Morgan fingerprint density at radius 1 is 1.06 bits per heavy atom. The summed E-state index contributed by atoms with van der Waals surface area (Å²) in [5.41, 5.74) is -1.08. The first-order valence-electron chi connectivity index (χ1n) is 9.06. The lowest BCUT2D eigenvalue weighted by molar-refractivity contribution is -0.394. The number of thiocarbonyl (C=S) groups is 1. The number of rotatable bonds is 7. The Morgan fingerprint density at radius 2 is 1.73 bits per heavy atom. The van der Waals surface area contributed by atoms with Gasteiger partial charge in [-0.15, -0.1) is 0 Å². The van der Waals surface area contributed by atoms with Gasteiger partial charge in [0.15, 0.2) is 16.6 Å². The van der Waals surface area contributed by atoms with E-state index in [0.29, 0.717) is 5.56 Å². The fourth-order valence-corrected chi connectivity index (χ4v) is 3.21. The Labute approximate surface area is 195 Å². The standard InChI is InChI=1S/C19H13ClN4O8S/c1-2-31-15-7-9(5-11-17(25)21-19(33)22-18(11)26)6-12(20)16(15)32-14-4-3-10(23(27)28)8-13(14)24(29)30/h3-8H,2H2,1H3,(H2,21,22,25,26,33). The van der Waals surface area contributed by atoms with E-state index >= 15 is 0 Å². The minimum atomic E-state index is -0.833. The van der Waals surface area contributed by atoms with Crippen LogP contribution in [0.15, 0.2) is 35.9 Å². The maximum absolute atomic E-state index is 12.1. The summed E-state index contributed by atoms with van der Waals surface area (Å²) in [4.78, 5) is 44.9. The van der Waals surface area contributed by atoms with Crippen molar-refractivity contribution in [3.05, 3.63) is 66.7 Å². The van der Waals surface area contributed by atoms with Crippen molar-refractivity contribution in [1.29, 1.82) is 0 Å². The van der Waals surface area contributed by atoms with Crippen LogP contribution in [-0.4, -0.2) is 33.4 Å². The molecular weight excluding hydrogens is 480 g/mol.